The first-order valence-corrected chi connectivity index (χ1v) is 15.5. The first-order valence-electron chi connectivity index (χ1n) is 12.1. The van der Waals surface area contributed by atoms with Gasteiger partial charge in [0.05, 0.1) is 18.3 Å². The molecule has 2 fully saturated rings. The fraction of sp³-hybridized carbons (Fsp3) is 0.917. The summed E-state index contributed by atoms with van der Waals surface area (Å²) in [5.74, 6) is -0.0510. The van der Waals surface area contributed by atoms with E-state index in [4.69, 9.17) is 28.1 Å². The average Bonchev–Trinajstić information content (AvgIpc) is 2.70. The first kappa shape index (κ1) is 28.2. The minimum absolute atomic E-state index is 0.0336. The minimum Gasteiger partial charge on any atom is -0.463 e. The van der Waals surface area contributed by atoms with Gasteiger partial charge in [0.15, 0.2) is 20.9 Å². The Morgan fingerprint density at radius 3 is 1.61 bits per heavy atom. The van der Waals surface area contributed by atoms with Crippen molar-refractivity contribution < 1.29 is 37.7 Å². The molecule has 0 aromatic heterocycles. The summed E-state index contributed by atoms with van der Waals surface area (Å²) in [6.07, 6.45) is -1.79. The van der Waals surface area contributed by atoms with Gasteiger partial charge in [0.25, 0.3) is 0 Å². The summed E-state index contributed by atoms with van der Waals surface area (Å²) < 4.78 is 36.1. The Morgan fingerprint density at radius 2 is 1.15 bits per heavy atom. The summed E-state index contributed by atoms with van der Waals surface area (Å²) in [6, 6.07) is 0. The van der Waals surface area contributed by atoms with Gasteiger partial charge in [-0.3, -0.25) is 9.59 Å². The van der Waals surface area contributed by atoms with Gasteiger partial charge in [0.1, 0.15) is 13.2 Å². The summed E-state index contributed by atoms with van der Waals surface area (Å²) in [5.41, 5.74) is 0. The lowest BCUT2D eigenvalue weighted by molar-refractivity contribution is -0.347. The van der Waals surface area contributed by atoms with Gasteiger partial charge in [0.2, 0.25) is 0 Å². The molecule has 0 aromatic rings. The van der Waals surface area contributed by atoms with Crippen LogP contribution in [-0.2, 0) is 37.7 Å². The molecule has 0 radical (unpaired) electrons. The van der Waals surface area contributed by atoms with E-state index in [2.05, 4.69) is 54.3 Å². The van der Waals surface area contributed by atoms with Crippen LogP contribution in [0.4, 0.5) is 0 Å². The summed E-state index contributed by atoms with van der Waals surface area (Å²) in [7, 11) is -1.85. The molecule has 8 nitrogen and oxygen atoms in total. The van der Waals surface area contributed by atoms with Crippen LogP contribution in [0.3, 0.4) is 0 Å². The Bertz CT molecular complexity index is 665. The van der Waals surface area contributed by atoms with Crippen LogP contribution in [0.15, 0.2) is 0 Å². The molecule has 0 aromatic carbocycles. The zero-order valence-corrected chi connectivity index (χ0v) is 23.0. The smallest absolute Gasteiger partial charge is 0.302 e. The van der Waals surface area contributed by atoms with Gasteiger partial charge in [-0.05, 0) is 31.5 Å². The van der Waals surface area contributed by atoms with Gasteiger partial charge >= 0.3 is 11.9 Å². The molecule has 4 unspecified atom stereocenters. The van der Waals surface area contributed by atoms with E-state index in [1.165, 1.54) is 13.8 Å². The molecule has 0 saturated carbocycles. The number of rotatable bonds is 8. The van der Waals surface area contributed by atoms with Crippen molar-refractivity contribution in [1.29, 1.82) is 0 Å². The third-order valence-electron chi connectivity index (χ3n) is 7.00. The molecule has 2 saturated heterocycles. The molecule has 2 aliphatic rings. The standard InChI is InChI=1S/C24H44O8Si/c1-13-14(2)20(11-27-18(6)25)29-23(15(13)3)31-24-17(5)22(32-33(8,9)10)16(4)21(30-24)12-28-19(7)26/h13-17,20-24H,11-12H2,1-10H3/t13?,14-,15-,16+,17?,20?,21?,22+,23+,24+/m0/s1. The number of carbonyl (C=O) groups is 2. The van der Waals surface area contributed by atoms with E-state index in [1.54, 1.807) is 0 Å². The topological polar surface area (TPSA) is 89.5 Å². The molecule has 2 rings (SSSR count). The second-order valence-corrected chi connectivity index (χ2v) is 15.3. The van der Waals surface area contributed by atoms with E-state index in [0.29, 0.717) is 5.92 Å². The van der Waals surface area contributed by atoms with E-state index < -0.39 is 20.9 Å². The van der Waals surface area contributed by atoms with Crippen molar-refractivity contribution in [3.63, 3.8) is 0 Å². The van der Waals surface area contributed by atoms with Crippen molar-refractivity contribution in [3.8, 4) is 0 Å². The molecule has 9 heteroatoms. The third kappa shape index (κ3) is 7.75. The fourth-order valence-electron chi connectivity index (χ4n) is 4.60. The minimum atomic E-state index is -1.85. The number of esters is 2. The zero-order chi connectivity index (χ0) is 25.1. The lowest BCUT2D eigenvalue weighted by Crippen LogP contribution is -2.57. The molecule has 192 valence electrons. The number of hydrogen-bond acceptors (Lipinski definition) is 8. The zero-order valence-electron chi connectivity index (χ0n) is 22.0. The quantitative estimate of drug-likeness (QED) is 0.374. The SMILES string of the molecule is CC(=O)OCC1O[C@H](O[C@H]2OC(COC(C)=O)[C@@H](C)[C@@H](O[Si](C)(C)C)C2C)[C@@H](C)C(C)[C@@H]1C. The van der Waals surface area contributed by atoms with Crippen LogP contribution < -0.4 is 0 Å². The molecule has 0 bridgehead atoms. The highest BCUT2D eigenvalue weighted by atomic mass is 28.4. The van der Waals surface area contributed by atoms with E-state index in [0.717, 1.165) is 0 Å². The molecule has 2 heterocycles. The van der Waals surface area contributed by atoms with E-state index in [1.807, 2.05) is 0 Å². The maximum absolute atomic E-state index is 11.4. The van der Waals surface area contributed by atoms with Gasteiger partial charge in [-0.2, -0.15) is 0 Å². The van der Waals surface area contributed by atoms with Crippen molar-refractivity contribution >= 4 is 20.3 Å². The molecular formula is C24H44O8Si. The Labute approximate surface area is 200 Å². The molecule has 0 amide bonds. The van der Waals surface area contributed by atoms with Crippen molar-refractivity contribution in [2.45, 2.75) is 99.0 Å². The highest BCUT2D eigenvalue weighted by Gasteiger charge is 2.48. The van der Waals surface area contributed by atoms with E-state index in [9.17, 15) is 9.59 Å². The van der Waals surface area contributed by atoms with Gasteiger partial charge in [0, 0.05) is 31.6 Å². The van der Waals surface area contributed by atoms with Crippen LogP contribution in [0.2, 0.25) is 19.6 Å². The predicted octanol–water partition coefficient (Wildman–Crippen LogP) is 3.98. The highest BCUT2D eigenvalue weighted by Crippen LogP contribution is 2.40. The Balaban J connectivity index is 2.20. The summed E-state index contributed by atoms with van der Waals surface area (Å²) in [6.45, 7) is 20.2. The van der Waals surface area contributed by atoms with Gasteiger partial charge in [-0.1, -0.05) is 34.6 Å². The van der Waals surface area contributed by atoms with Gasteiger partial charge < -0.3 is 28.1 Å². The largest absolute Gasteiger partial charge is 0.463 e. The lowest BCUT2D eigenvalue weighted by atomic mass is 9.79. The van der Waals surface area contributed by atoms with Crippen molar-refractivity contribution in [2.24, 2.45) is 29.6 Å². The average molecular weight is 489 g/mol. The van der Waals surface area contributed by atoms with Crippen molar-refractivity contribution in [3.05, 3.63) is 0 Å². The molecule has 33 heavy (non-hydrogen) atoms. The second kappa shape index (κ2) is 11.6. The summed E-state index contributed by atoms with van der Waals surface area (Å²) in [4.78, 5) is 22.8. The molecular weight excluding hydrogens is 444 g/mol. The van der Waals surface area contributed by atoms with Crippen LogP contribution in [0.1, 0.15) is 48.5 Å². The molecule has 0 spiro atoms. The highest BCUT2D eigenvalue weighted by molar-refractivity contribution is 6.69. The Morgan fingerprint density at radius 1 is 0.697 bits per heavy atom. The first-order chi connectivity index (χ1) is 15.2. The normalized spacial score (nSPS) is 39.7. The van der Waals surface area contributed by atoms with Gasteiger partial charge in [-0.25, -0.2) is 0 Å². The van der Waals surface area contributed by atoms with Crippen molar-refractivity contribution in [2.75, 3.05) is 13.2 Å². The maximum atomic E-state index is 11.4. The van der Waals surface area contributed by atoms with Crippen LogP contribution in [0, 0.1) is 29.6 Å². The van der Waals surface area contributed by atoms with Crippen molar-refractivity contribution in [1.82, 2.24) is 0 Å². The third-order valence-corrected chi connectivity index (χ3v) is 7.98. The molecule has 2 aliphatic heterocycles. The van der Waals surface area contributed by atoms with E-state index >= 15 is 0 Å². The maximum Gasteiger partial charge on any atom is 0.302 e. The Kier molecular flexibility index (Phi) is 9.94. The van der Waals surface area contributed by atoms with Crippen LogP contribution in [0.25, 0.3) is 0 Å². The fourth-order valence-corrected chi connectivity index (χ4v) is 5.84. The Hall–Kier alpha value is -1.00. The molecule has 0 aliphatic carbocycles. The van der Waals surface area contributed by atoms with Crippen LogP contribution in [-0.4, -0.2) is 64.4 Å². The second-order valence-electron chi connectivity index (χ2n) is 10.8. The summed E-state index contributed by atoms with van der Waals surface area (Å²) in [5, 5.41) is 0. The number of hydrogen-bond donors (Lipinski definition) is 0. The van der Waals surface area contributed by atoms with Crippen LogP contribution in [0.5, 0.6) is 0 Å². The summed E-state index contributed by atoms with van der Waals surface area (Å²) >= 11 is 0. The lowest BCUT2D eigenvalue weighted by Gasteiger charge is -2.49. The predicted molar refractivity (Wildman–Crippen MR) is 126 cm³/mol. The van der Waals surface area contributed by atoms with E-state index in [-0.39, 0.29) is 67.1 Å². The molecule has 10 atom stereocenters. The monoisotopic (exact) mass is 488 g/mol. The van der Waals surface area contributed by atoms with Crippen LogP contribution >= 0.6 is 0 Å². The number of carbonyl (C=O) groups excluding carboxylic acids is 2. The van der Waals surface area contributed by atoms with Gasteiger partial charge in [-0.15, -0.1) is 0 Å². The molecule has 0 N–H and O–H groups in total. The number of ether oxygens (including phenoxy) is 5.